The van der Waals surface area contributed by atoms with Gasteiger partial charge in [-0.2, -0.15) is 0 Å². The number of ether oxygens (including phenoxy) is 1. The van der Waals surface area contributed by atoms with E-state index in [2.05, 4.69) is 10.0 Å². The Kier molecular flexibility index (Phi) is 7.20. The number of halogens is 1. The molecule has 0 spiro atoms. The summed E-state index contributed by atoms with van der Waals surface area (Å²) in [5.41, 5.74) is 0.838. The van der Waals surface area contributed by atoms with Crippen LogP contribution in [0.2, 0.25) is 5.02 Å². The molecule has 0 unspecified atom stereocenters. The minimum absolute atomic E-state index is 0.0783. The average molecular weight is 395 g/mol. The number of rotatable bonds is 8. The molecule has 0 bridgehead atoms. The molecule has 0 aliphatic carbocycles. The number of methoxy groups -OCH3 is 1. The van der Waals surface area contributed by atoms with E-state index in [1.807, 2.05) is 0 Å². The second-order valence-electron chi connectivity index (χ2n) is 5.25. The zero-order valence-corrected chi connectivity index (χ0v) is 15.7. The van der Waals surface area contributed by atoms with Gasteiger partial charge in [-0.15, -0.1) is 0 Å². The van der Waals surface area contributed by atoms with Gasteiger partial charge in [0.05, 0.1) is 12.0 Å². The molecule has 0 aliphatic heterocycles. The molecule has 26 heavy (non-hydrogen) atoms. The Bertz CT molecular complexity index is 863. The first-order chi connectivity index (χ1) is 12.4. The molecular weight excluding hydrogens is 376 g/mol. The molecule has 2 N–H and O–H groups in total. The van der Waals surface area contributed by atoms with Crippen LogP contribution < -0.4 is 14.8 Å². The van der Waals surface area contributed by atoms with E-state index < -0.39 is 10.0 Å². The van der Waals surface area contributed by atoms with E-state index in [9.17, 15) is 13.2 Å². The summed E-state index contributed by atoms with van der Waals surface area (Å²) in [6.45, 7) is 0.244. The fourth-order valence-electron chi connectivity index (χ4n) is 2.01. The number of carbonyl (C=O) groups excluding carboxylic acids is 1. The molecule has 138 valence electrons. The van der Waals surface area contributed by atoms with Crippen LogP contribution in [0, 0.1) is 0 Å². The number of nitrogens with one attached hydrogen (secondary N) is 2. The first-order valence-corrected chi connectivity index (χ1v) is 9.62. The van der Waals surface area contributed by atoms with Crippen LogP contribution in [0.1, 0.15) is 5.56 Å². The Morgan fingerprint density at radius 2 is 1.73 bits per heavy atom. The Labute approximate surface area is 157 Å². The lowest BCUT2D eigenvalue weighted by Crippen LogP contribution is -2.34. The average Bonchev–Trinajstić information content (AvgIpc) is 2.65. The summed E-state index contributed by atoms with van der Waals surface area (Å²) in [6.07, 6.45) is 3.02. The van der Waals surface area contributed by atoms with Crippen LogP contribution in [0.4, 0.5) is 0 Å². The highest BCUT2D eigenvalue weighted by Gasteiger charge is 2.13. The van der Waals surface area contributed by atoms with Crippen molar-refractivity contribution in [2.45, 2.75) is 4.90 Å². The van der Waals surface area contributed by atoms with Gasteiger partial charge in [0.25, 0.3) is 0 Å². The van der Waals surface area contributed by atoms with Crippen LogP contribution in [-0.2, 0) is 14.8 Å². The largest absolute Gasteiger partial charge is 0.497 e. The van der Waals surface area contributed by atoms with Crippen molar-refractivity contribution in [2.75, 3.05) is 20.2 Å². The highest BCUT2D eigenvalue weighted by atomic mass is 35.5. The van der Waals surface area contributed by atoms with Crippen LogP contribution in [-0.4, -0.2) is 34.5 Å². The van der Waals surface area contributed by atoms with Crippen molar-refractivity contribution < 1.29 is 17.9 Å². The third-order valence-corrected chi connectivity index (χ3v) is 5.11. The van der Waals surface area contributed by atoms with Gasteiger partial charge in [-0.1, -0.05) is 23.7 Å². The van der Waals surface area contributed by atoms with Crippen LogP contribution in [0.5, 0.6) is 5.75 Å². The van der Waals surface area contributed by atoms with Crippen LogP contribution >= 0.6 is 11.6 Å². The van der Waals surface area contributed by atoms with Gasteiger partial charge >= 0.3 is 0 Å². The Morgan fingerprint density at radius 1 is 1.08 bits per heavy atom. The topological polar surface area (TPSA) is 84.5 Å². The number of hydrogen-bond donors (Lipinski definition) is 2. The number of benzene rings is 2. The molecule has 2 rings (SSSR count). The first kappa shape index (κ1) is 20.0. The molecule has 0 atom stereocenters. The lowest BCUT2D eigenvalue weighted by atomic mass is 10.2. The van der Waals surface area contributed by atoms with Gasteiger partial charge in [0, 0.05) is 24.2 Å². The highest BCUT2D eigenvalue weighted by Crippen LogP contribution is 2.15. The van der Waals surface area contributed by atoms with Crippen molar-refractivity contribution in [3.8, 4) is 5.75 Å². The van der Waals surface area contributed by atoms with Crippen molar-refractivity contribution in [1.29, 1.82) is 0 Å². The van der Waals surface area contributed by atoms with Crippen LogP contribution in [0.25, 0.3) is 6.08 Å². The van der Waals surface area contributed by atoms with Crippen molar-refractivity contribution in [3.05, 3.63) is 65.2 Å². The summed E-state index contributed by atoms with van der Waals surface area (Å²) in [6, 6.07) is 13.1. The van der Waals surface area contributed by atoms with Gasteiger partial charge in [-0.3, -0.25) is 4.79 Å². The molecule has 0 radical (unpaired) electrons. The molecule has 6 nitrogen and oxygen atoms in total. The maximum Gasteiger partial charge on any atom is 0.244 e. The second-order valence-corrected chi connectivity index (χ2v) is 7.45. The third-order valence-electron chi connectivity index (χ3n) is 3.38. The molecule has 0 heterocycles. The fourth-order valence-corrected chi connectivity index (χ4v) is 3.17. The zero-order chi connectivity index (χ0) is 19.0. The van der Waals surface area contributed by atoms with E-state index in [1.54, 1.807) is 42.5 Å². The fraction of sp³-hybridized carbons (Fsp3) is 0.167. The normalized spacial score (nSPS) is 11.5. The molecule has 8 heteroatoms. The Hall–Kier alpha value is -2.35. The van der Waals surface area contributed by atoms with E-state index in [1.165, 1.54) is 25.3 Å². The zero-order valence-electron chi connectivity index (χ0n) is 14.1. The third kappa shape index (κ3) is 6.18. The lowest BCUT2D eigenvalue weighted by molar-refractivity contribution is -0.116. The van der Waals surface area contributed by atoms with Crippen molar-refractivity contribution in [2.24, 2.45) is 0 Å². The van der Waals surface area contributed by atoms with Gasteiger partial charge < -0.3 is 10.1 Å². The number of hydrogen-bond acceptors (Lipinski definition) is 4. The van der Waals surface area contributed by atoms with Crippen LogP contribution in [0.15, 0.2) is 59.5 Å². The SMILES string of the molecule is COc1ccc(S(=O)(=O)NCCNC(=O)C=Cc2ccc(Cl)cc2)cc1. The van der Waals surface area contributed by atoms with Gasteiger partial charge in [-0.25, -0.2) is 13.1 Å². The maximum absolute atomic E-state index is 12.1. The molecule has 0 saturated carbocycles. The summed E-state index contributed by atoms with van der Waals surface area (Å²) in [4.78, 5) is 11.9. The van der Waals surface area contributed by atoms with Crippen molar-refractivity contribution >= 4 is 33.6 Å². The molecule has 1 amide bonds. The monoisotopic (exact) mass is 394 g/mol. The van der Waals surface area contributed by atoms with Crippen molar-refractivity contribution in [1.82, 2.24) is 10.0 Å². The lowest BCUT2D eigenvalue weighted by Gasteiger charge is -2.08. The molecule has 0 fully saturated rings. The minimum Gasteiger partial charge on any atom is -0.497 e. The van der Waals surface area contributed by atoms with Gasteiger partial charge in [0.1, 0.15) is 5.75 Å². The molecule has 0 aromatic heterocycles. The Morgan fingerprint density at radius 3 is 2.35 bits per heavy atom. The second kappa shape index (κ2) is 9.38. The molecular formula is C18H19ClN2O4S. The van der Waals surface area contributed by atoms with Gasteiger partial charge in [0.15, 0.2) is 0 Å². The number of amides is 1. The molecule has 0 aliphatic rings. The Balaban J connectivity index is 1.78. The van der Waals surface area contributed by atoms with E-state index in [0.29, 0.717) is 10.8 Å². The standard InChI is InChI=1S/C18H19ClN2O4S/c1-25-16-7-9-17(10-8-16)26(23,24)21-13-12-20-18(22)11-4-14-2-5-15(19)6-3-14/h2-11,21H,12-13H2,1H3,(H,20,22). The number of carbonyl (C=O) groups is 1. The van der Waals surface area contributed by atoms with Gasteiger partial charge in [-0.05, 0) is 48.0 Å². The summed E-state index contributed by atoms with van der Waals surface area (Å²) >= 11 is 5.79. The highest BCUT2D eigenvalue weighted by molar-refractivity contribution is 7.89. The van der Waals surface area contributed by atoms with Gasteiger partial charge in [0.2, 0.25) is 15.9 Å². The van der Waals surface area contributed by atoms with E-state index in [4.69, 9.17) is 16.3 Å². The molecule has 0 saturated heterocycles. The summed E-state index contributed by atoms with van der Waals surface area (Å²) in [5, 5.41) is 3.23. The van der Waals surface area contributed by atoms with E-state index >= 15 is 0 Å². The van der Waals surface area contributed by atoms with E-state index in [-0.39, 0.29) is 23.9 Å². The summed E-state index contributed by atoms with van der Waals surface area (Å²) < 4.78 is 31.7. The maximum atomic E-state index is 12.1. The molecule has 2 aromatic carbocycles. The molecule has 2 aromatic rings. The van der Waals surface area contributed by atoms with E-state index in [0.717, 1.165) is 5.56 Å². The van der Waals surface area contributed by atoms with Crippen molar-refractivity contribution in [3.63, 3.8) is 0 Å². The summed E-state index contributed by atoms with van der Waals surface area (Å²) in [5.74, 6) is 0.257. The smallest absolute Gasteiger partial charge is 0.244 e. The minimum atomic E-state index is -3.63. The predicted octanol–water partition coefficient (Wildman–Crippen LogP) is 2.46. The van der Waals surface area contributed by atoms with Crippen LogP contribution in [0.3, 0.4) is 0 Å². The quantitative estimate of drug-likeness (QED) is 0.532. The first-order valence-electron chi connectivity index (χ1n) is 7.76. The predicted molar refractivity (Wildman–Crippen MR) is 102 cm³/mol. The summed E-state index contributed by atoms with van der Waals surface area (Å²) in [7, 11) is -2.12. The number of sulfonamides is 1.